The highest BCUT2D eigenvalue weighted by Gasteiger charge is 2.27. The molecule has 0 aromatic carbocycles. The fourth-order valence-electron chi connectivity index (χ4n) is 9.09. The topological polar surface area (TPSA) is 105 Å². The Morgan fingerprint density at radius 3 is 1.11 bits per heavy atom. The summed E-state index contributed by atoms with van der Waals surface area (Å²) in [5.41, 5.74) is 0. The number of nitrogens with zero attached hydrogens (tertiary/aromatic N) is 1. The molecule has 0 aromatic rings. The number of phosphoric ester groups is 1. The molecule has 0 aliphatic heterocycles. The summed E-state index contributed by atoms with van der Waals surface area (Å²) in [6.45, 7) is 4.67. The molecule has 0 radical (unpaired) electrons. The Bertz CT molecular complexity index is 1860. The highest BCUT2D eigenvalue weighted by molar-refractivity contribution is 7.47. The van der Waals surface area contributed by atoms with Crippen molar-refractivity contribution in [1.29, 1.82) is 0 Å². The molecule has 3 unspecified atom stereocenters. The summed E-state index contributed by atoms with van der Waals surface area (Å²) >= 11 is 0. The van der Waals surface area contributed by atoms with Gasteiger partial charge in [-0.3, -0.25) is 13.8 Å². The Labute approximate surface area is 512 Å². The van der Waals surface area contributed by atoms with E-state index in [1.807, 2.05) is 27.2 Å². The van der Waals surface area contributed by atoms with Crippen molar-refractivity contribution in [2.24, 2.45) is 0 Å². The quantitative estimate of drug-likeness (QED) is 0.0243. The number of rotatable bonds is 60. The number of aliphatic hydroxyl groups is 1. The molecule has 0 aliphatic rings. The van der Waals surface area contributed by atoms with Crippen LogP contribution >= 0.6 is 7.82 Å². The van der Waals surface area contributed by atoms with Gasteiger partial charge in [-0.05, 0) is 109 Å². The number of hydrogen-bond acceptors (Lipinski definition) is 5. The number of carbonyl (C=O) groups excluding carboxylic acids is 1. The molecule has 0 bridgehead atoms. The number of quaternary nitrogens is 1. The van der Waals surface area contributed by atoms with E-state index in [-0.39, 0.29) is 19.1 Å². The number of phosphoric acid groups is 1. The van der Waals surface area contributed by atoms with E-state index in [2.05, 4.69) is 153 Å². The molecule has 1 amide bonds. The number of allylic oxidation sites excluding steroid dienone is 23. The second-order valence-electron chi connectivity index (χ2n) is 23.5. The molecule has 0 fully saturated rings. The number of nitrogens with one attached hydrogen (secondary N) is 1. The zero-order chi connectivity index (χ0) is 60.5. The third-order valence-corrected chi connectivity index (χ3v) is 15.3. The van der Waals surface area contributed by atoms with Crippen LogP contribution < -0.4 is 5.32 Å². The maximum absolute atomic E-state index is 13.0. The maximum Gasteiger partial charge on any atom is 0.472 e. The van der Waals surface area contributed by atoms with E-state index in [4.69, 9.17) is 9.05 Å². The Balaban J connectivity index is 4.24. The number of amides is 1. The van der Waals surface area contributed by atoms with Crippen molar-refractivity contribution < 1.29 is 32.9 Å². The van der Waals surface area contributed by atoms with Crippen LogP contribution in [0.25, 0.3) is 0 Å². The largest absolute Gasteiger partial charge is 0.472 e. The predicted molar refractivity (Wildman–Crippen MR) is 364 cm³/mol. The third-order valence-electron chi connectivity index (χ3n) is 14.3. The van der Waals surface area contributed by atoms with Gasteiger partial charge in [0.1, 0.15) is 13.2 Å². The Morgan fingerprint density at radius 2 is 0.735 bits per heavy atom. The van der Waals surface area contributed by atoms with Gasteiger partial charge in [0.2, 0.25) is 5.91 Å². The first kappa shape index (κ1) is 79.4. The summed E-state index contributed by atoms with van der Waals surface area (Å²) in [7, 11) is 1.53. The monoisotopic (exact) mass is 1170 g/mol. The summed E-state index contributed by atoms with van der Waals surface area (Å²) < 4.78 is 23.8. The van der Waals surface area contributed by atoms with Gasteiger partial charge >= 0.3 is 7.82 Å². The molecule has 0 aliphatic carbocycles. The molecule has 9 heteroatoms. The Hall–Kier alpha value is -3.62. The van der Waals surface area contributed by atoms with Crippen LogP contribution in [0.1, 0.15) is 264 Å². The minimum absolute atomic E-state index is 0.0456. The van der Waals surface area contributed by atoms with Crippen LogP contribution in [0.4, 0.5) is 0 Å². The highest BCUT2D eigenvalue weighted by atomic mass is 31.2. The molecule has 0 aromatic heterocycles. The standard InChI is InChI=1S/C74H127N2O6P/c1-6-8-10-12-14-16-18-20-22-24-26-28-30-32-33-34-35-36-37-38-39-40-41-42-43-44-46-48-50-52-54-56-58-60-62-64-66-68-74(78)75-72(71-82-83(79,80)81-70-69-76(3,4)5)73(77)67-65-63-61-59-57-55-53-51-49-47-45-31-29-27-25-23-21-19-17-15-13-11-9-7-2/h8,10,14,16,20,22,26,28,32-33,35-36,38-39,41-42,44,46,50,52,57,59,65,67,72-73,77H,6-7,9,11-13,15,17-19,21,23-25,27,29-31,34,37,40,43,45,47-49,51,53-56,58,60-64,66,68-71H2,1-5H3,(H-,75,78,79,80)/p+1/b10-8-,16-14-,22-20-,28-26-,33-32-,36-35-,39-38-,42-41-,46-44-,52-50-,59-57+,67-65+. The van der Waals surface area contributed by atoms with E-state index in [0.29, 0.717) is 17.4 Å². The second-order valence-corrected chi connectivity index (χ2v) is 24.9. The van der Waals surface area contributed by atoms with Gasteiger partial charge in [-0.1, -0.05) is 295 Å². The van der Waals surface area contributed by atoms with E-state index < -0.39 is 20.0 Å². The molecular formula is C74H128N2O6P+. The van der Waals surface area contributed by atoms with E-state index in [0.717, 1.165) is 122 Å². The average molecular weight is 1170 g/mol. The first-order chi connectivity index (χ1) is 40.5. The lowest BCUT2D eigenvalue weighted by Gasteiger charge is -2.25. The van der Waals surface area contributed by atoms with Crippen LogP contribution in [0.3, 0.4) is 0 Å². The summed E-state index contributed by atoms with van der Waals surface area (Å²) in [6.07, 6.45) is 96.9. The molecular weight excluding hydrogens is 1040 g/mol. The van der Waals surface area contributed by atoms with Crippen molar-refractivity contribution in [1.82, 2.24) is 5.32 Å². The number of hydrogen-bond donors (Lipinski definition) is 3. The number of unbranched alkanes of at least 4 members (excludes halogenated alkanes) is 25. The second kappa shape index (κ2) is 62.9. The minimum atomic E-state index is -4.38. The zero-order valence-corrected chi connectivity index (χ0v) is 55.0. The van der Waals surface area contributed by atoms with Crippen molar-refractivity contribution in [2.45, 2.75) is 276 Å². The Kier molecular flexibility index (Phi) is 60.2. The van der Waals surface area contributed by atoms with Crippen molar-refractivity contribution in [3.8, 4) is 0 Å². The summed E-state index contributed by atoms with van der Waals surface area (Å²) in [6, 6.07) is -0.884. The fraction of sp³-hybridized carbons (Fsp3) is 0.662. The summed E-state index contributed by atoms with van der Waals surface area (Å²) in [4.78, 5) is 23.4. The highest BCUT2D eigenvalue weighted by Crippen LogP contribution is 2.43. The number of aliphatic hydroxyl groups excluding tert-OH is 1. The first-order valence-corrected chi connectivity index (χ1v) is 35.2. The molecule has 0 spiro atoms. The Morgan fingerprint density at radius 1 is 0.422 bits per heavy atom. The van der Waals surface area contributed by atoms with Gasteiger partial charge in [0.15, 0.2) is 0 Å². The van der Waals surface area contributed by atoms with Crippen LogP contribution in [0, 0.1) is 0 Å². The molecule has 3 N–H and O–H groups in total. The van der Waals surface area contributed by atoms with Gasteiger partial charge in [0.25, 0.3) is 0 Å². The molecule has 0 saturated heterocycles. The minimum Gasteiger partial charge on any atom is -0.387 e. The SMILES string of the molecule is CC/C=C\C/C=C\C/C=C\C/C=C\C/C=C\C/C=C\C/C=C\C/C=C\C/C=C\C/C=C\CCCCCCCCC(=O)NC(COP(=O)(O)OCC[N+](C)(C)C)C(O)/C=C/CC/C=C/CCCCCCCCCCCCCCCCCCCC. The molecule has 0 heterocycles. The predicted octanol–water partition coefficient (Wildman–Crippen LogP) is 21.6. The lowest BCUT2D eigenvalue weighted by molar-refractivity contribution is -0.870. The van der Waals surface area contributed by atoms with E-state index >= 15 is 0 Å². The average Bonchev–Trinajstić information content (AvgIpc) is 3.50. The van der Waals surface area contributed by atoms with Gasteiger partial charge in [-0.25, -0.2) is 4.57 Å². The van der Waals surface area contributed by atoms with Gasteiger partial charge in [0, 0.05) is 6.42 Å². The number of carbonyl (C=O) groups is 1. The van der Waals surface area contributed by atoms with E-state index in [1.165, 1.54) is 122 Å². The molecule has 8 nitrogen and oxygen atoms in total. The third kappa shape index (κ3) is 65.8. The smallest absolute Gasteiger partial charge is 0.387 e. The van der Waals surface area contributed by atoms with Crippen LogP contribution in [0.2, 0.25) is 0 Å². The van der Waals surface area contributed by atoms with Gasteiger partial charge in [-0.2, -0.15) is 0 Å². The fourth-order valence-corrected chi connectivity index (χ4v) is 9.82. The van der Waals surface area contributed by atoms with Crippen molar-refractivity contribution in [3.05, 3.63) is 146 Å². The van der Waals surface area contributed by atoms with Crippen LogP contribution in [-0.2, 0) is 18.4 Å². The van der Waals surface area contributed by atoms with Crippen LogP contribution in [0.5, 0.6) is 0 Å². The molecule has 83 heavy (non-hydrogen) atoms. The van der Waals surface area contributed by atoms with Crippen molar-refractivity contribution in [3.63, 3.8) is 0 Å². The van der Waals surface area contributed by atoms with Crippen molar-refractivity contribution >= 4 is 13.7 Å². The zero-order valence-electron chi connectivity index (χ0n) is 54.1. The number of likely N-dealkylation sites (N-methyl/N-ethyl adjacent to an activating group) is 1. The van der Waals surface area contributed by atoms with Gasteiger partial charge in [-0.15, -0.1) is 0 Å². The van der Waals surface area contributed by atoms with E-state index in [1.54, 1.807) is 6.08 Å². The molecule has 0 rings (SSSR count). The van der Waals surface area contributed by atoms with Gasteiger partial charge in [0.05, 0.1) is 39.9 Å². The molecule has 0 saturated carbocycles. The molecule has 3 atom stereocenters. The van der Waals surface area contributed by atoms with Crippen LogP contribution in [0.15, 0.2) is 146 Å². The summed E-state index contributed by atoms with van der Waals surface area (Å²) in [5.74, 6) is -0.205. The van der Waals surface area contributed by atoms with Crippen molar-refractivity contribution in [2.75, 3.05) is 40.9 Å². The van der Waals surface area contributed by atoms with Gasteiger partial charge < -0.3 is 19.8 Å². The lowest BCUT2D eigenvalue weighted by atomic mass is 10.0. The first-order valence-electron chi connectivity index (χ1n) is 33.7. The normalized spacial score (nSPS) is 14.6. The molecule has 474 valence electrons. The summed E-state index contributed by atoms with van der Waals surface area (Å²) in [5, 5.41) is 14.0. The van der Waals surface area contributed by atoms with Crippen LogP contribution in [-0.4, -0.2) is 73.4 Å². The lowest BCUT2D eigenvalue weighted by Crippen LogP contribution is -2.45. The van der Waals surface area contributed by atoms with E-state index in [9.17, 15) is 19.4 Å². The maximum atomic E-state index is 13.0.